The van der Waals surface area contributed by atoms with Gasteiger partial charge in [-0.25, -0.2) is 0 Å². The minimum absolute atomic E-state index is 0.118. The molecule has 100 valence electrons. The molecule has 2 rings (SSSR count). The lowest BCUT2D eigenvalue weighted by Gasteiger charge is -2.42. The monoisotopic (exact) mass is 312 g/mol. The van der Waals surface area contributed by atoms with Crippen molar-refractivity contribution in [2.75, 3.05) is 14.2 Å². The van der Waals surface area contributed by atoms with Gasteiger partial charge in [0.15, 0.2) is 0 Å². The number of pyridine rings is 1. The van der Waals surface area contributed by atoms with Gasteiger partial charge >= 0.3 is 0 Å². The van der Waals surface area contributed by atoms with Crippen molar-refractivity contribution in [2.24, 2.45) is 0 Å². The SMILES string of the molecule is CNC(Cc1cncc(Br)c1)CC1(OC)CCC1. The van der Waals surface area contributed by atoms with E-state index in [1.165, 1.54) is 24.8 Å². The highest BCUT2D eigenvalue weighted by Crippen LogP contribution is 2.39. The van der Waals surface area contributed by atoms with Gasteiger partial charge in [0, 0.05) is 30.0 Å². The minimum Gasteiger partial charge on any atom is -0.378 e. The molecule has 18 heavy (non-hydrogen) atoms. The molecule has 1 fully saturated rings. The summed E-state index contributed by atoms with van der Waals surface area (Å²) in [7, 11) is 3.87. The zero-order valence-corrected chi connectivity index (χ0v) is 12.7. The number of nitrogens with zero attached hydrogens (tertiary/aromatic N) is 1. The average Bonchev–Trinajstić information content (AvgIpc) is 2.32. The van der Waals surface area contributed by atoms with Crippen LogP contribution in [0.25, 0.3) is 0 Å². The molecular weight excluding hydrogens is 292 g/mol. The number of halogens is 1. The molecule has 1 atom stereocenters. The molecule has 1 aromatic rings. The third-order valence-corrected chi connectivity index (χ3v) is 4.40. The lowest BCUT2D eigenvalue weighted by atomic mass is 9.75. The fourth-order valence-corrected chi connectivity index (χ4v) is 3.05. The molecule has 1 aliphatic carbocycles. The van der Waals surface area contributed by atoms with Crippen molar-refractivity contribution in [3.05, 3.63) is 28.5 Å². The van der Waals surface area contributed by atoms with Gasteiger partial charge in [-0.3, -0.25) is 4.98 Å². The van der Waals surface area contributed by atoms with Crippen LogP contribution in [0.5, 0.6) is 0 Å². The molecule has 0 aromatic carbocycles. The fourth-order valence-electron chi connectivity index (χ4n) is 2.64. The lowest BCUT2D eigenvalue weighted by molar-refractivity contribution is -0.0830. The molecule has 1 aliphatic rings. The van der Waals surface area contributed by atoms with Gasteiger partial charge in [-0.15, -0.1) is 0 Å². The molecule has 0 bridgehead atoms. The lowest BCUT2D eigenvalue weighted by Crippen LogP contribution is -2.45. The van der Waals surface area contributed by atoms with Gasteiger partial charge in [0.05, 0.1) is 5.60 Å². The summed E-state index contributed by atoms with van der Waals surface area (Å²) < 4.78 is 6.74. The number of rotatable bonds is 6. The van der Waals surface area contributed by atoms with Crippen molar-refractivity contribution in [3.63, 3.8) is 0 Å². The Bertz CT molecular complexity index is 388. The molecule has 1 N–H and O–H groups in total. The van der Waals surface area contributed by atoms with E-state index in [1.54, 1.807) is 0 Å². The van der Waals surface area contributed by atoms with Crippen molar-refractivity contribution in [1.29, 1.82) is 0 Å². The van der Waals surface area contributed by atoms with Crippen LogP contribution in [0.3, 0.4) is 0 Å². The van der Waals surface area contributed by atoms with Gasteiger partial charge in [-0.05, 0) is 66.7 Å². The topological polar surface area (TPSA) is 34.2 Å². The Balaban J connectivity index is 1.97. The van der Waals surface area contributed by atoms with Crippen molar-refractivity contribution in [3.8, 4) is 0 Å². The summed E-state index contributed by atoms with van der Waals surface area (Å²) in [4.78, 5) is 4.22. The zero-order chi connectivity index (χ0) is 13.0. The Kier molecular flexibility index (Phi) is 4.76. The first-order chi connectivity index (χ1) is 8.67. The quantitative estimate of drug-likeness (QED) is 0.877. The number of hydrogen-bond donors (Lipinski definition) is 1. The molecule has 1 heterocycles. The van der Waals surface area contributed by atoms with Crippen LogP contribution in [-0.2, 0) is 11.2 Å². The summed E-state index contributed by atoms with van der Waals surface area (Å²) in [6, 6.07) is 2.58. The maximum Gasteiger partial charge on any atom is 0.0693 e. The maximum absolute atomic E-state index is 5.70. The van der Waals surface area contributed by atoms with Gasteiger partial charge in [0.25, 0.3) is 0 Å². The number of ether oxygens (including phenoxy) is 1. The zero-order valence-electron chi connectivity index (χ0n) is 11.1. The Morgan fingerprint density at radius 2 is 2.28 bits per heavy atom. The summed E-state index contributed by atoms with van der Waals surface area (Å²) in [6.07, 6.45) is 9.51. The average molecular weight is 313 g/mol. The first-order valence-corrected chi connectivity index (χ1v) is 7.28. The molecule has 1 unspecified atom stereocenters. The molecule has 0 aliphatic heterocycles. The van der Waals surface area contributed by atoms with Crippen molar-refractivity contribution < 1.29 is 4.74 Å². The van der Waals surface area contributed by atoms with Crippen LogP contribution >= 0.6 is 15.9 Å². The highest BCUT2D eigenvalue weighted by Gasteiger charge is 2.38. The number of hydrogen-bond acceptors (Lipinski definition) is 3. The van der Waals surface area contributed by atoms with E-state index in [4.69, 9.17) is 4.74 Å². The largest absolute Gasteiger partial charge is 0.378 e. The Hall–Kier alpha value is -0.450. The fraction of sp³-hybridized carbons (Fsp3) is 0.643. The third-order valence-electron chi connectivity index (χ3n) is 3.97. The minimum atomic E-state index is 0.118. The summed E-state index contributed by atoms with van der Waals surface area (Å²) >= 11 is 3.47. The number of aromatic nitrogens is 1. The summed E-state index contributed by atoms with van der Waals surface area (Å²) in [5.41, 5.74) is 1.38. The van der Waals surface area contributed by atoms with E-state index in [1.807, 2.05) is 26.6 Å². The predicted molar refractivity (Wildman–Crippen MR) is 76.7 cm³/mol. The van der Waals surface area contributed by atoms with Gasteiger partial charge in [0.1, 0.15) is 0 Å². The Labute approximate surface area is 117 Å². The molecule has 0 saturated heterocycles. The second-order valence-corrected chi connectivity index (χ2v) is 6.06. The van der Waals surface area contributed by atoms with Crippen LogP contribution in [-0.4, -0.2) is 30.8 Å². The van der Waals surface area contributed by atoms with E-state index >= 15 is 0 Å². The maximum atomic E-state index is 5.70. The van der Waals surface area contributed by atoms with Crippen molar-refractivity contribution in [2.45, 2.75) is 43.7 Å². The van der Waals surface area contributed by atoms with Crippen LogP contribution in [0.2, 0.25) is 0 Å². The Morgan fingerprint density at radius 1 is 1.50 bits per heavy atom. The smallest absolute Gasteiger partial charge is 0.0693 e. The van der Waals surface area contributed by atoms with Gasteiger partial charge in [-0.1, -0.05) is 0 Å². The van der Waals surface area contributed by atoms with E-state index in [0.717, 1.165) is 17.3 Å². The van der Waals surface area contributed by atoms with E-state index in [9.17, 15) is 0 Å². The molecule has 4 heteroatoms. The highest BCUT2D eigenvalue weighted by molar-refractivity contribution is 9.10. The van der Waals surface area contributed by atoms with Gasteiger partial charge < -0.3 is 10.1 Å². The van der Waals surface area contributed by atoms with Crippen LogP contribution in [0, 0.1) is 0 Å². The van der Waals surface area contributed by atoms with Crippen LogP contribution in [0.1, 0.15) is 31.2 Å². The predicted octanol–water partition coefficient (Wildman–Crippen LogP) is 2.93. The molecule has 3 nitrogen and oxygen atoms in total. The van der Waals surface area contributed by atoms with Crippen molar-refractivity contribution in [1.82, 2.24) is 10.3 Å². The normalized spacial score (nSPS) is 19.3. The van der Waals surface area contributed by atoms with Crippen LogP contribution < -0.4 is 5.32 Å². The molecule has 1 aromatic heterocycles. The second kappa shape index (κ2) is 6.13. The standard InChI is InChI=1S/C14H21BrN2O/c1-16-13(8-14(18-2)4-3-5-14)7-11-6-12(15)10-17-9-11/h6,9-10,13,16H,3-5,7-8H2,1-2H3. The summed E-state index contributed by atoms with van der Waals surface area (Å²) in [5.74, 6) is 0. The van der Waals surface area contributed by atoms with E-state index < -0.39 is 0 Å². The van der Waals surface area contributed by atoms with E-state index in [0.29, 0.717) is 6.04 Å². The number of likely N-dealkylation sites (N-methyl/N-ethyl adjacent to an activating group) is 1. The van der Waals surface area contributed by atoms with E-state index in [-0.39, 0.29) is 5.60 Å². The summed E-state index contributed by atoms with van der Waals surface area (Å²) in [5, 5.41) is 3.41. The summed E-state index contributed by atoms with van der Waals surface area (Å²) in [6.45, 7) is 0. The van der Waals surface area contributed by atoms with Crippen molar-refractivity contribution >= 4 is 15.9 Å². The molecule has 1 saturated carbocycles. The van der Waals surface area contributed by atoms with Gasteiger partial charge in [-0.2, -0.15) is 0 Å². The van der Waals surface area contributed by atoms with Crippen LogP contribution in [0.15, 0.2) is 22.9 Å². The molecule has 0 amide bonds. The van der Waals surface area contributed by atoms with Crippen LogP contribution in [0.4, 0.5) is 0 Å². The highest BCUT2D eigenvalue weighted by atomic mass is 79.9. The first-order valence-electron chi connectivity index (χ1n) is 6.49. The van der Waals surface area contributed by atoms with E-state index in [2.05, 4.69) is 32.3 Å². The third kappa shape index (κ3) is 3.31. The Morgan fingerprint density at radius 3 is 2.78 bits per heavy atom. The second-order valence-electron chi connectivity index (χ2n) is 5.15. The number of methoxy groups -OCH3 is 1. The molecule has 0 radical (unpaired) electrons. The molecular formula is C14H21BrN2O. The first kappa shape index (κ1) is 14.0. The number of nitrogens with one attached hydrogen (secondary N) is 1. The van der Waals surface area contributed by atoms with Gasteiger partial charge in [0.2, 0.25) is 0 Å². The molecule has 0 spiro atoms.